The van der Waals surface area contributed by atoms with Crippen LogP contribution in [0.5, 0.6) is 5.75 Å². The monoisotopic (exact) mass is 381 g/mol. The lowest BCUT2D eigenvalue weighted by molar-refractivity contribution is 0.0942. The zero-order chi connectivity index (χ0) is 18.8. The Kier molecular flexibility index (Phi) is 9.12. The third kappa shape index (κ3) is 6.40. The van der Waals surface area contributed by atoms with Crippen LogP contribution < -0.4 is 4.74 Å². The molecule has 1 amide bonds. The topological polar surface area (TPSA) is 59.0 Å². The summed E-state index contributed by atoms with van der Waals surface area (Å²) >= 11 is 1.88. The first-order valence-electron chi connectivity index (χ1n) is 9.46. The van der Waals surface area contributed by atoms with Crippen LogP contribution in [0.1, 0.15) is 44.6 Å². The van der Waals surface area contributed by atoms with Gasteiger partial charge in [0.05, 0.1) is 13.7 Å². The normalized spacial score (nSPS) is 19.6. The van der Waals surface area contributed by atoms with Gasteiger partial charge in [-0.25, -0.2) is 4.79 Å². The molecule has 6 heteroatoms. The van der Waals surface area contributed by atoms with E-state index >= 15 is 0 Å². The standard InChI is InChI=1S/C20H31NO4S/c1-3-4-12-25-20(23)21-14-19(13-17(21)6-5-11-22)26-15-16-7-9-18(24-2)10-8-16/h7-10,17,19,22H,3-6,11-15H2,1-2H3/t17-,19-/m1/s1. The van der Waals surface area contributed by atoms with E-state index < -0.39 is 0 Å². The second-order valence-corrected chi connectivity index (χ2v) is 7.95. The van der Waals surface area contributed by atoms with E-state index in [9.17, 15) is 4.79 Å². The molecule has 2 atom stereocenters. The van der Waals surface area contributed by atoms with Gasteiger partial charge in [0.25, 0.3) is 0 Å². The van der Waals surface area contributed by atoms with Crippen molar-refractivity contribution in [1.82, 2.24) is 4.90 Å². The van der Waals surface area contributed by atoms with Crippen molar-refractivity contribution in [3.05, 3.63) is 29.8 Å². The van der Waals surface area contributed by atoms with Gasteiger partial charge in [-0.2, -0.15) is 11.8 Å². The van der Waals surface area contributed by atoms with Crippen molar-refractivity contribution in [3.63, 3.8) is 0 Å². The zero-order valence-corrected chi connectivity index (χ0v) is 16.7. The first-order valence-corrected chi connectivity index (χ1v) is 10.5. The highest BCUT2D eigenvalue weighted by Gasteiger charge is 2.35. The summed E-state index contributed by atoms with van der Waals surface area (Å²) in [5.41, 5.74) is 1.26. The first kappa shape index (κ1) is 20.9. The highest BCUT2D eigenvalue weighted by molar-refractivity contribution is 7.99. The number of thioether (sulfide) groups is 1. The van der Waals surface area contributed by atoms with Crippen LogP contribution in [-0.2, 0) is 10.5 Å². The van der Waals surface area contributed by atoms with E-state index in [1.165, 1.54) is 5.56 Å². The molecule has 2 rings (SSSR count). The molecule has 0 unspecified atom stereocenters. The molecule has 1 saturated heterocycles. The number of unbranched alkanes of at least 4 members (excludes halogenated alkanes) is 1. The summed E-state index contributed by atoms with van der Waals surface area (Å²) in [4.78, 5) is 14.3. The molecule has 26 heavy (non-hydrogen) atoms. The van der Waals surface area contributed by atoms with Gasteiger partial charge in [0.2, 0.25) is 0 Å². The molecule has 146 valence electrons. The number of aliphatic hydroxyl groups excluding tert-OH is 1. The molecular weight excluding hydrogens is 350 g/mol. The first-order chi connectivity index (χ1) is 12.7. The van der Waals surface area contributed by atoms with E-state index in [1.54, 1.807) is 7.11 Å². The quantitative estimate of drug-likeness (QED) is 0.619. The maximum absolute atomic E-state index is 12.4. The van der Waals surface area contributed by atoms with Gasteiger partial charge < -0.3 is 19.5 Å². The highest BCUT2D eigenvalue weighted by atomic mass is 32.2. The number of hydrogen-bond acceptors (Lipinski definition) is 5. The van der Waals surface area contributed by atoms with Gasteiger partial charge in [0.15, 0.2) is 0 Å². The van der Waals surface area contributed by atoms with Crippen molar-refractivity contribution in [2.45, 2.75) is 56.1 Å². The molecular formula is C20H31NO4S. The van der Waals surface area contributed by atoms with Crippen molar-refractivity contribution in [2.75, 3.05) is 26.9 Å². The molecule has 0 radical (unpaired) electrons. The third-order valence-corrected chi connectivity index (χ3v) is 5.99. The molecule has 1 heterocycles. The Morgan fingerprint density at radius 2 is 2.08 bits per heavy atom. The number of methoxy groups -OCH3 is 1. The van der Waals surface area contributed by atoms with E-state index in [2.05, 4.69) is 19.1 Å². The average Bonchev–Trinajstić information content (AvgIpc) is 3.08. The number of hydrogen-bond donors (Lipinski definition) is 1. The van der Waals surface area contributed by atoms with Crippen LogP contribution in [0.25, 0.3) is 0 Å². The van der Waals surface area contributed by atoms with Crippen molar-refractivity contribution in [3.8, 4) is 5.75 Å². The second kappa shape index (κ2) is 11.3. The van der Waals surface area contributed by atoms with Gasteiger partial charge in [-0.05, 0) is 43.4 Å². The number of rotatable bonds is 10. The van der Waals surface area contributed by atoms with E-state index in [1.807, 2.05) is 28.8 Å². The summed E-state index contributed by atoms with van der Waals surface area (Å²) in [6, 6.07) is 8.30. The van der Waals surface area contributed by atoms with Crippen LogP contribution in [-0.4, -0.2) is 54.3 Å². The number of amides is 1. The fourth-order valence-electron chi connectivity index (χ4n) is 3.14. The van der Waals surface area contributed by atoms with E-state index in [0.717, 1.165) is 50.2 Å². The van der Waals surface area contributed by atoms with Crippen LogP contribution >= 0.6 is 11.8 Å². The average molecular weight is 382 g/mol. The lowest BCUT2D eigenvalue weighted by Gasteiger charge is -2.23. The predicted molar refractivity (Wildman–Crippen MR) is 106 cm³/mol. The molecule has 5 nitrogen and oxygen atoms in total. The third-order valence-electron chi connectivity index (χ3n) is 4.67. The van der Waals surface area contributed by atoms with Crippen LogP contribution in [0, 0.1) is 0 Å². The van der Waals surface area contributed by atoms with Crippen molar-refractivity contribution in [1.29, 1.82) is 0 Å². The van der Waals surface area contributed by atoms with Gasteiger partial charge in [-0.1, -0.05) is 25.5 Å². The minimum absolute atomic E-state index is 0.166. The van der Waals surface area contributed by atoms with Crippen LogP contribution in [0.2, 0.25) is 0 Å². The van der Waals surface area contributed by atoms with Gasteiger partial charge in [0.1, 0.15) is 5.75 Å². The van der Waals surface area contributed by atoms with E-state index in [0.29, 0.717) is 11.9 Å². The Balaban J connectivity index is 1.87. The molecule has 0 aliphatic carbocycles. The number of benzene rings is 1. The Morgan fingerprint density at radius 1 is 1.31 bits per heavy atom. The Morgan fingerprint density at radius 3 is 2.73 bits per heavy atom. The molecule has 1 aromatic carbocycles. The maximum atomic E-state index is 12.4. The number of carbonyl (C=O) groups excluding carboxylic acids is 1. The smallest absolute Gasteiger partial charge is 0.410 e. The summed E-state index contributed by atoms with van der Waals surface area (Å²) in [5, 5.41) is 9.54. The number of ether oxygens (including phenoxy) is 2. The van der Waals surface area contributed by atoms with Crippen molar-refractivity contribution < 1.29 is 19.4 Å². The summed E-state index contributed by atoms with van der Waals surface area (Å²) < 4.78 is 10.6. The second-order valence-electron chi connectivity index (χ2n) is 6.66. The molecule has 0 aromatic heterocycles. The molecule has 1 aliphatic rings. The van der Waals surface area contributed by atoms with Crippen molar-refractivity contribution >= 4 is 17.9 Å². The fraction of sp³-hybridized carbons (Fsp3) is 0.650. The van der Waals surface area contributed by atoms with Crippen LogP contribution in [0.15, 0.2) is 24.3 Å². The summed E-state index contributed by atoms with van der Waals surface area (Å²) in [7, 11) is 1.67. The Labute approximate surface area is 161 Å². The molecule has 1 N–H and O–H groups in total. The fourth-order valence-corrected chi connectivity index (χ4v) is 4.39. The van der Waals surface area contributed by atoms with Crippen LogP contribution in [0.3, 0.4) is 0 Å². The van der Waals surface area contributed by atoms with Gasteiger partial charge in [0, 0.05) is 30.2 Å². The maximum Gasteiger partial charge on any atom is 0.410 e. The molecule has 1 aromatic rings. The summed E-state index contributed by atoms with van der Waals surface area (Å²) in [5.74, 6) is 1.78. The SMILES string of the molecule is CCCCOC(=O)N1C[C@H](SCc2ccc(OC)cc2)C[C@H]1CCCO. The van der Waals surface area contributed by atoms with Gasteiger partial charge in [-0.15, -0.1) is 0 Å². The minimum atomic E-state index is -0.200. The highest BCUT2D eigenvalue weighted by Crippen LogP contribution is 2.32. The summed E-state index contributed by atoms with van der Waals surface area (Å²) in [6.45, 7) is 3.46. The zero-order valence-electron chi connectivity index (χ0n) is 15.9. The number of nitrogens with zero attached hydrogens (tertiary/aromatic N) is 1. The largest absolute Gasteiger partial charge is 0.497 e. The molecule has 1 fully saturated rings. The Bertz CT molecular complexity index is 537. The number of likely N-dealkylation sites (tertiary alicyclic amines) is 1. The molecule has 1 aliphatic heterocycles. The van der Waals surface area contributed by atoms with Gasteiger partial charge >= 0.3 is 6.09 Å². The van der Waals surface area contributed by atoms with Crippen LogP contribution in [0.4, 0.5) is 4.79 Å². The van der Waals surface area contributed by atoms with Crippen molar-refractivity contribution in [2.24, 2.45) is 0 Å². The lowest BCUT2D eigenvalue weighted by Crippen LogP contribution is -2.36. The minimum Gasteiger partial charge on any atom is -0.497 e. The number of carbonyl (C=O) groups is 1. The Hall–Kier alpha value is -1.40. The van der Waals surface area contributed by atoms with E-state index in [4.69, 9.17) is 14.6 Å². The lowest BCUT2D eigenvalue weighted by atomic mass is 10.1. The molecule has 0 spiro atoms. The van der Waals surface area contributed by atoms with Gasteiger partial charge in [-0.3, -0.25) is 0 Å². The van der Waals surface area contributed by atoms with E-state index in [-0.39, 0.29) is 18.7 Å². The number of aliphatic hydroxyl groups is 1. The summed E-state index contributed by atoms with van der Waals surface area (Å²) in [6.07, 6.45) is 4.23. The predicted octanol–water partition coefficient (Wildman–Crippen LogP) is 4.08. The molecule has 0 bridgehead atoms. The molecule has 0 saturated carbocycles.